The average Bonchev–Trinajstić information content (AvgIpc) is 3.49. The van der Waals surface area contributed by atoms with Gasteiger partial charge in [-0.2, -0.15) is 0 Å². The van der Waals surface area contributed by atoms with Gasteiger partial charge in [0.25, 0.3) is 5.91 Å². The van der Waals surface area contributed by atoms with Crippen molar-refractivity contribution in [1.82, 2.24) is 10.2 Å². The van der Waals surface area contributed by atoms with Gasteiger partial charge in [-0.25, -0.2) is 4.79 Å². The van der Waals surface area contributed by atoms with E-state index in [2.05, 4.69) is 5.32 Å². The van der Waals surface area contributed by atoms with Crippen molar-refractivity contribution in [2.45, 2.75) is 58.3 Å². The van der Waals surface area contributed by atoms with E-state index in [4.69, 9.17) is 9.47 Å². The molecule has 2 heterocycles. The van der Waals surface area contributed by atoms with Crippen molar-refractivity contribution < 1.29 is 28.7 Å². The normalized spacial score (nSPS) is 12.7. The molecule has 1 aliphatic heterocycles. The number of ketones is 1. The molecular formula is C37H38N2O6S. The van der Waals surface area contributed by atoms with E-state index >= 15 is 0 Å². The van der Waals surface area contributed by atoms with Crippen molar-refractivity contribution in [2.24, 2.45) is 0 Å². The summed E-state index contributed by atoms with van der Waals surface area (Å²) in [4.78, 5) is 54.2. The zero-order valence-electron chi connectivity index (χ0n) is 26.3. The molecule has 1 N–H and O–H groups in total. The molecule has 0 radical (unpaired) electrons. The van der Waals surface area contributed by atoms with Gasteiger partial charge >= 0.3 is 12.1 Å². The van der Waals surface area contributed by atoms with E-state index < -0.39 is 11.7 Å². The highest BCUT2D eigenvalue weighted by Crippen LogP contribution is 2.29. The van der Waals surface area contributed by atoms with E-state index in [1.807, 2.05) is 93.6 Å². The Labute approximate surface area is 273 Å². The molecule has 1 aromatic heterocycles. The smallest absolute Gasteiger partial charge is 0.410 e. The minimum absolute atomic E-state index is 0.141. The number of benzene rings is 3. The molecule has 46 heavy (non-hydrogen) atoms. The number of thiophene rings is 1. The van der Waals surface area contributed by atoms with Gasteiger partial charge in [0.05, 0.1) is 18.0 Å². The quantitative estimate of drug-likeness (QED) is 0.150. The number of fused-ring (bicyclic) bond motifs is 1. The van der Waals surface area contributed by atoms with Crippen LogP contribution in [0.4, 0.5) is 4.79 Å². The molecule has 1 aliphatic rings. The Morgan fingerprint density at radius 2 is 1.52 bits per heavy atom. The zero-order chi connectivity index (χ0) is 32.7. The van der Waals surface area contributed by atoms with E-state index in [1.165, 1.54) is 11.3 Å². The van der Waals surface area contributed by atoms with Gasteiger partial charge in [0, 0.05) is 23.4 Å². The van der Waals surface area contributed by atoms with E-state index in [9.17, 15) is 19.2 Å². The van der Waals surface area contributed by atoms with Crippen LogP contribution in [0, 0.1) is 0 Å². The van der Waals surface area contributed by atoms with Crippen molar-refractivity contribution in [3.63, 3.8) is 0 Å². The Balaban J connectivity index is 1.10. The van der Waals surface area contributed by atoms with Gasteiger partial charge in [-0.05, 0) is 61.9 Å². The number of carbonyl (C=O) groups is 4. The summed E-state index contributed by atoms with van der Waals surface area (Å²) in [5.74, 6) is -0.852. The van der Waals surface area contributed by atoms with Gasteiger partial charge in [-0.1, -0.05) is 84.9 Å². The second-order valence-corrected chi connectivity index (χ2v) is 13.3. The lowest BCUT2D eigenvalue weighted by Crippen LogP contribution is -2.39. The fourth-order valence-electron chi connectivity index (χ4n) is 5.16. The number of nitrogens with zero attached hydrogens (tertiary/aromatic N) is 1. The van der Waals surface area contributed by atoms with Gasteiger partial charge in [-0.3, -0.25) is 14.4 Å². The van der Waals surface area contributed by atoms with Crippen LogP contribution in [0.25, 0.3) is 0 Å². The molecule has 0 aliphatic carbocycles. The van der Waals surface area contributed by atoms with Crippen molar-refractivity contribution >= 4 is 35.1 Å². The first-order valence-corrected chi connectivity index (χ1v) is 16.2. The Kier molecular flexibility index (Phi) is 10.3. The van der Waals surface area contributed by atoms with Crippen molar-refractivity contribution in [3.05, 3.63) is 129 Å². The van der Waals surface area contributed by atoms with Crippen LogP contribution < -0.4 is 5.32 Å². The molecule has 0 bridgehead atoms. The molecule has 5 rings (SSSR count). The fourth-order valence-corrected chi connectivity index (χ4v) is 6.23. The molecule has 8 nitrogen and oxygen atoms in total. The third kappa shape index (κ3) is 8.69. The fraction of sp³-hybridized carbons (Fsp3) is 0.297. The summed E-state index contributed by atoms with van der Waals surface area (Å²) >= 11 is 1.39. The van der Waals surface area contributed by atoms with Gasteiger partial charge in [0.15, 0.2) is 11.9 Å². The van der Waals surface area contributed by atoms with E-state index in [1.54, 1.807) is 23.1 Å². The first-order valence-electron chi connectivity index (χ1n) is 15.3. The minimum atomic E-state index is -0.576. The topological polar surface area (TPSA) is 102 Å². The largest absolute Gasteiger partial charge is 0.453 e. The maximum atomic E-state index is 12.9. The lowest BCUT2D eigenvalue weighted by atomic mass is 10.0. The SMILES string of the molecule is CC(C)(C)OC(=O)N1CCc2sc(C(=O)NCC(=O)c3ccc(CCC(=O)OC(c4ccccc4)c4ccccc4)cc3)cc2C1. The first-order chi connectivity index (χ1) is 22.1. The van der Waals surface area contributed by atoms with E-state index in [-0.39, 0.29) is 36.7 Å². The predicted molar refractivity (Wildman–Crippen MR) is 177 cm³/mol. The molecule has 3 aromatic carbocycles. The molecule has 4 aromatic rings. The van der Waals surface area contributed by atoms with Crippen LogP contribution in [-0.4, -0.2) is 47.3 Å². The summed E-state index contributed by atoms with van der Waals surface area (Å²) < 4.78 is 11.4. The number of hydrogen-bond acceptors (Lipinski definition) is 7. The van der Waals surface area contributed by atoms with Gasteiger partial charge < -0.3 is 19.7 Å². The third-order valence-electron chi connectivity index (χ3n) is 7.50. The zero-order valence-corrected chi connectivity index (χ0v) is 27.1. The molecule has 9 heteroatoms. The molecular weight excluding hydrogens is 600 g/mol. The Morgan fingerprint density at radius 1 is 0.891 bits per heavy atom. The van der Waals surface area contributed by atoms with Crippen molar-refractivity contribution in [3.8, 4) is 0 Å². The van der Waals surface area contributed by atoms with Crippen molar-refractivity contribution in [2.75, 3.05) is 13.1 Å². The number of esters is 1. The van der Waals surface area contributed by atoms with Crippen LogP contribution in [-0.2, 0) is 33.7 Å². The number of hydrogen-bond donors (Lipinski definition) is 1. The number of carbonyl (C=O) groups excluding carboxylic acids is 4. The number of rotatable bonds is 10. The lowest BCUT2D eigenvalue weighted by Gasteiger charge is -2.29. The number of nitrogens with one attached hydrogen (secondary N) is 1. The van der Waals surface area contributed by atoms with Gasteiger partial charge in [-0.15, -0.1) is 11.3 Å². The maximum absolute atomic E-state index is 12.9. The predicted octanol–water partition coefficient (Wildman–Crippen LogP) is 6.92. The molecule has 0 fully saturated rings. The van der Waals surface area contributed by atoms with Crippen LogP contribution >= 0.6 is 11.3 Å². The van der Waals surface area contributed by atoms with Crippen LogP contribution in [0.5, 0.6) is 0 Å². The second kappa shape index (κ2) is 14.6. The summed E-state index contributed by atoms with van der Waals surface area (Å²) in [7, 11) is 0. The molecule has 2 amide bonds. The second-order valence-electron chi connectivity index (χ2n) is 12.2. The van der Waals surface area contributed by atoms with E-state index in [0.717, 1.165) is 27.1 Å². The highest BCUT2D eigenvalue weighted by molar-refractivity contribution is 7.14. The summed E-state index contributed by atoms with van der Waals surface area (Å²) in [6.07, 6.45) is 0.452. The van der Waals surface area contributed by atoms with Crippen LogP contribution in [0.15, 0.2) is 91.0 Å². The van der Waals surface area contributed by atoms with Crippen LogP contribution in [0.1, 0.15) is 80.5 Å². The summed E-state index contributed by atoms with van der Waals surface area (Å²) in [6, 6.07) is 28.2. The molecule has 0 atom stereocenters. The minimum Gasteiger partial charge on any atom is -0.453 e. The van der Waals surface area contributed by atoms with Crippen LogP contribution in [0.3, 0.4) is 0 Å². The number of ether oxygens (including phenoxy) is 2. The maximum Gasteiger partial charge on any atom is 0.410 e. The molecule has 0 unspecified atom stereocenters. The Bertz CT molecular complexity index is 1640. The van der Waals surface area contributed by atoms with Crippen molar-refractivity contribution in [1.29, 1.82) is 0 Å². The highest BCUT2D eigenvalue weighted by atomic mass is 32.1. The first kappa shape index (κ1) is 32.6. The summed E-state index contributed by atoms with van der Waals surface area (Å²) in [6.45, 7) is 6.26. The number of aryl methyl sites for hydroxylation is 1. The van der Waals surface area contributed by atoms with Gasteiger partial charge in [0.1, 0.15) is 5.60 Å². The lowest BCUT2D eigenvalue weighted by molar-refractivity contribution is -0.147. The molecule has 0 spiro atoms. The molecule has 0 saturated carbocycles. The Morgan fingerprint density at radius 3 is 2.13 bits per heavy atom. The summed E-state index contributed by atoms with van der Waals surface area (Å²) in [5.41, 5.74) is 3.53. The number of Topliss-reactive ketones (excluding diaryl/α,β-unsaturated/α-hetero) is 1. The van der Waals surface area contributed by atoms with E-state index in [0.29, 0.717) is 36.4 Å². The van der Waals surface area contributed by atoms with Gasteiger partial charge in [0.2, 0.25) is 0 Å². The highest BCUT2D eigenvalue weighted by Gasteiger charge is 2.28. The molecule has 0 saturated heterocycles. The summed E-state index contributed by atoms with van der Waals surface area (Å²) in [5, 5.41) is 2.73. The van der Waals surface area contributed by atoms with Crippen LogP contribution in [0.2, 0.25) is 0 Å². The standard InChI is InChI=1S/C37H38N2O6S/c1-37(2,3)45-36(43)39-21-20-31-29(24-39)22-32(46-31)35(42)38-23-30(40)26-17-14-25(15-18-26)16-19-33(41)44-34(27-10-6-4-7-11-27)28-12-8-5-9-13-28/h4-15,17-18,22,34H,16,19-21,23-24H2,1-3H3,(H,38,42). The third-order valence-corrected chi connectivity index (χ3v) is 8.74. The monoisotopic (exact) mass is 638 g/mol. The molecule has 238 valence electrons. The Hall–Kier alpha value is -4.76. The number of amides is 2. The average molecular weight is 639 g/mol.